The molecule has 2 aromatic heterocycles. The number of carbonyl (C=O) groups is 1. The maximum Gasteiger partial charge on any atom is 0.276 e. The summed E-state index contributed by atoms with van der Waals surface area (Å²) < 4.78 is 38.6. The van der Waals surface area contributed by atoms with Crippen LogP contribution in [0.15, 0.2) is 46.6 Å². The fourth-order valence-corrected chi connectivity index (χ4v) is 5.23. The number of imidazole rings is 1. The molecule has 186 valence electrons. The number of likely N-dealkylation sites (tertiary alicyclic amines) is 1. The van der Waals surface area contributed by atoms with E-state index < -0.39 is 21.2 Å². The van der Waals surface area contributed by atoms with Crippen molar-refractivity contribution in [3.05, 3.63) is 42.4 Å². The zero-order valence-corrected chi connectivity index (χ0v) is 21.4. The molecule has 1 amide bonds. The minimum atomic E-state index is -3.83. The van der Waals surface area contributed by atoms with Crippen LogP contribution in [0.5, 0.6) is 0 Å². The van der Waals surface area contributed by atoms with Crippen molar-refractivity contribution in [2.24, 2.45) is 0 Å². The molecule has 10 nitrogen and oxygen atoms in total. The van der Waals surface area contributed by atoms with Crippen molar-refractivity contribution in [1.29, 1.82) is 0 Å². The number of rotatable bonds is 7. The lowest BCUT2D eigenvalue weighted by Crippen LogP contribution is -2.37. The average molecular weight is 517 g/mol. The topological polar surface area (TPSA) is 144 Å². The lowest BCUT2D eigenvalue weighted by atomic mass is 9.96. The van der Waals surface area contributed by atoms with Crippen LogP contribution < -0.4 is 4.72 Å². The van der Waals surface area contributed by atoms with E-state index in [4.69, 9.17) is 4.98 Å². The first kappa shape index (κ1) is 25.3. The number of H-pyrrole nitrogens is 1. The molecule has 3 heterocycles. The summed E-state index contributed by atoms with van der Waals surface area (Å²) in [6.07, 6.45) is 5.05. The Labute approximate surface area is 207 Å². The lowest BCUT2D eigenvalue weighted by Gasteiger charge is -2.31. The van der Waals surface area contributed by atoms with Crippen molar-refractivity contribution in [2.45, 2.75) is 42.2 Å². The molecule has 2 N–H and O–H groups in total. The van der Waals surface area contributed by atoms with Gasteiger partial charge in [0.25, 0.3) is 15.2 Å². The van der Waals surface area contributed by atoms with Crippen LogP contribution in [0.25, 0.3) is 22.6 Å². The Morgan fingerprint density at radius 3 is 2.49 bits per heavy atom. The van der Waals surface area contributed by atoms with Gasteiger partial charge in [0, 0.05) is 37.2 Å². The molecular formula is C23H28N6O4S2. The zero-order chi connectivity index (χ0) is 25.2. The van der Waals surface area contributed by atoms with Gasteiger partial charge >= 0.3 is 0 Å². The molecule has 0 spiro atoms. The van der Waals surface area contributed by atoms with Crippen molar-refractivity contribution in [3.63, 3.8) is 0 Å². The summed E-state index contributed by atoms with van der Waals surface area (Å²) in [5.74, 6) is 1.03. The summed E-state index contributed by atoms with van der Waals surface area (Å²) in [7, 11) is -2.52. The largest absolute Gasteiger partial charge is 0.612 e. The van der Waals surface area contributed by atoms with Gasteiger partial charge in [-0.05, 0) is 61.4 Å². The maximum absolute atomic E-state index is 12.3. The summed E-state index contributed by atoms with van der Waals surface area (Å²) in [4.78, 5) is 31.1. The number of nitrogens with zero attached hydrogens (tertiary/aromatic N) is 4. The number of aromatic amines is 1. The van der Waals surface area contributed by atoms with Crippen LogP contribution in [-0.4, -0.2) is 70.1 Å². The smallest absolute Gasteiger partial charge is 0.276 e. The summed E-state index contributed by atoms with van der Waals surface area (Å²) in [5, 5.41) is -0.331. The molecule has 35 heavy (non-hydrogen) atoms. The van der Waals surface area contributed by atoms with Crippen molar-refractivity contribution >= 4 is 27.1 Å². The van der Waals surface area contributed by atoms with Gasteiger partial charge in [-0.2, -0.15) is 0 Å². The van der Waals surface area contributed by atoms with Crippen molar-refractivity contribution in [2.75, 3.05) is 26.4 Å². The number of piperidine rings is 1. The zero-order valence-electron chi connectivity index (χ0n) is 19.8. The Balaban J connectivity index is 1.74. The Kier molecular flexibility index (Phi) is 7.55. The van der Waals surface area contributed by atoms with Crippen LogP contribution >= 0.6 is 0 Å². The number of hydrogen-bond donors (Lipinski definition) is 2. The first-order valence-corrected chi connectivity index (χ1v) is 14.4. The van der Waals surface area contributed by atoms with E-state index >= 15 is 0 Å². The molecule has 0 radical (unpaired) electrons. The van der Waals surface area contributed by atoms with Gasteiger partial charge < -0.3 is 14.4 Å². The summed E-state index contributed by atoms with van der Waals surface area (Å²) in [6, 6.07) is 8.89. The summed E-state index contributed by atoms with van der Waals surface area (Å²) in [5.41, 5.74) is 2.37. The molecule has 1 aliphatic heterocycles. The van der Waals surface area contributed by atoms with E-state index in [-0.39, 0.29) is 17.0 Å². The van der Waals surface area contributed by atoms with Crippen LogP contribution in [0.4, 0.5) is 0 Å². The van der Waals surface area contributed by atoms with Crippen LogP contribution in [0.3, 0.4) is 0 Å². The molecule has 4 rings (SSSR count). The second-order valence-electron chi connectivity index (χ2n) is 8.26. The monoisotopic (exact) mass is 516 g/mol. The predicted octanol–water partition coefficient (Wildman–Crippen LogP) is 2.30. The minimum Gasteiger partial charge on any atom is -0.612 e. The van der Waals surface area contributed by atoms with Gasteiger partial charge in [0.05, 0.1) is 17.1 Å². The molecule has 3 aromatic rings. The van der Waals surface area contributed by atoms with Crippen LogP contribution in [-0.2, 0) is 26.0 Å². The Morgan fingerprint density at radius 2 is 1.89 bits per heavy atom. The first-order valence-electron chi connectivity index (χ1n) is 11.3. The van der Waals surface area contributed by atoms with E-state index in [2.05, 4.69) is 19.7 Å². The molecule has 0 saturated carbocycles. The van der Waals surface area contributed by atoms with Gasteiger partial charge in [0.2, 0.25) is 5.91 Å². The van der Waals surface area contributed by atoms with E-state index in [9.17, 15) is 17.8 Å². The number of carbonyl (C=O) groups excluding carboxylic acids is 1. The normalized spacial score (nSPS) is 15.8. The lowest BCUT2D eigenvalue weighted by molar-refractivity contribution is -0.131. The maximum atomic E-state index is 12.3. The van der Waals surface area contributed by atoms with Gasteiger partial charge in [0.15, 0.2) is 4.90 Å². The second-order valence-corrected chi connectivity index (χ2v) is 11.4. The molecule has 0 bridgehead atoms. The highest BCUT2D eigenvalue weighted by Gasteiger charge is 2.27. The summed E-state index contributed by atoms with van der Waals surface area (Å²) in [6.45, 7) is 3.19. The Hall–Kier alpha value is -2.80. The fourth-order valence-electron chi connectivity index (χ4n) is 4.11. The number of hydrogen-bond acceptors (Lipinski definition) is 7. The quantitative estimate of drug-likeness (QED) is 0.362. The second kappa shape index (κ2) is 10.4. The fraction of sp³-hybridized carbons (Fsp3) is 0.391. The summed E-state index contributed by atoms with van der Waals surface area (Å²) >= 11 is -1.11. The van der Waals surface area contributed by atoms with E-state index in [1.54, 1.807) is 24.5 Å². The number of benzene rings is 1. The van der Waals surface area contributed by atoms with Crippen LogP contribution in [0.1, 0.15) is 37.9 Å². The van der Waals surface area contributed by atoms with E-state index in [1.807, 2.05) is 24.0 Å². The number of amides is 1. The first-order chi connectivity index (χ1) is 16.7. The number of nitrogens with one attached hydrogen (secondary N) is 2. The van der Waals surface area contributed by atoms with E-state index in [0.717, 1.165) is 24.2 Å². The van der Waals surface area contributed by atoms with Crippen molar-refractivity contribution < 1.29 is 17.8 Å². The van der Waals surface area contributed by atoms with Crippen LogP contribution in [0, 0.1) is 0 Å². The highest BCUT2D eigenvalue weighted by atomic mass is 32.2. The molecule has 1 atom stereocenters. The van der Waals surface area contributed by atoms with Crippen LogP contribution in [0.2, 0.25) is 0 Å². The molecule has 1 fully saturated rings. The molecule has 1 aliphatic rings. The average Bonchev–Trinajstić information content (AvgIpc) is 3.34. The Bertz CT molecular complexity index is 1300. The van der Waals surface area contributed by atoms with Gasteiger partial charge in [-0.1, -0.05) is 6.92 Å². The van der Waals surface area contributed by atoms with E-state index in [0.29, 0.717) is 41.5 Å². The third-order valence-electron chi connectivity index (χ3n) is 6.12. The van der Waals surface area contributed by atoms with Gasteiger partial charge in [-0.15, -0.1) is 0 Å². The minimum absolute atomic E-state index is 0.119. The van der Waals surface area contributed by atoms with Gasteiger partial charge in [0.1, 0.15) is 12.1 Å². The predicted molar refractivity (Wildman–Crippen MR) is 132 cm³/mol. The van der Waals surface area contributed by atoms with Crippen molar-refractivity contribution in [1.82, 2.24) is 29.6 Å². The third kappa shape index (κ3) is 5.40. The molecule has 0 aliphatic carbocycles. The van der Waals surface area contributed by atoms with Gasteiger partial charge in [-0.3, -0.25) is 4.79 Å². The molecule has 1 unspecified atom stereocenters. The standard InChI is InChI=1S/C23H28N6O4S2/c1-4-19(30)29-13-10-16(11-14-29)22-27-20(15-5-7-17(8-6-15)34(3)31)21(28-22)18-9-12-25-23(26-18)35(32,33)24-2/h5-9,12,16,24H,4,10-11,13-14H2,1-3H3,(H,27,28). The molecular weight excluding hydrogens is 488 g/mol. The van der Waals surface area contributed by atoms with Gasteiger partial charge in [-0.25, -0.2) is 28.1 Å². The molecule has 1 aromatic carbocycles. The SMILES string of the molecule is CCC(=O)N1CCC(c2nc(-c3ccc([S+](C)[O-])cc3)c(-c3ccnc(S(=O)(=O)NC)n3)[nH]2)CC1. The third-order valence-corrected chi connectivity index (χ3v) is 8.27. The highest BCUT2D eigenvalue weighted by molar-refractivity contribution is 7.90. The number of aromatic nitrogens is 4. The molecule has 1 saturated heterocycles. The van der Waals surface area contributed by atoms with Crippen molar-refractivity contribution in [3.8, 4) is 22.6 Å². The van der Waals surface area contributed by atoms with E-state index in [1.165, 1.54) is 13.2 Å². The number of sulfonamides is 1. The molecule has 12 heteroatoms. The Morgan fingerprint density at radius 1 is 1.20 bits per heavy atom. The highest BCUT2D eigenvalue weighted by Crippen LogP contribution is 2.34.